The van der Waals surface area contributed by atoms with Gasteiger partial charge in [-0.1, -0.05) is 122 Å². The Labute approximate surface area is 316 Å². The fourth-order valence-electron chi connectivity index (χ4n) is 10.9. The molecule has 0 saturated heterocycles. The molecule has 5 rings (SSSR count). The summed E-state index contributed by atoms with van der Waals surface area (Å²) in [4.78, 5) is 12.6. The van der Waals surface area contributed by atoms with Crippen molar-refractivity contribution in [3.8, 4) is 0 Å². The van der Waals surface area contributed by atoms with Crippen LogP contribution in [0, 0.1) is 46.3 Å². The summed E-state index contributed by atoms with van der Waals surface area (Å²) in [5, 5.41) is 33.6. The van der Waals surface area contributed by atoms with Crippen LogP contribution in [0.25, 0.3) is 0 Å². The first-order valence-corrected chi connectivity index (χ1v) is 19.8. The van der Waals surface area contributed by atoms with E-state index in [1.165, 1.54) is 51.4 Å². The normalized spacial score (nSPS) is 35.9. The maximum atomic E-state index is 12.6. The predicted molar refractivity (Wildman–Crippen MR) is 199 cm³/mol. The van der Waals surface area contributed by atoms with Gasteiger partial charge in [-0.25, -0.2) is 0 Å². The van der Waals surface area contributed by atoms with Crippen LogP contribution in [0.5, 0.6) is 0 Å². The van der Waals surface area contributed by atoms with Crippen molar-refractivity contribution in [3.63, 3.8) is 0 Å². The molecule has 4 saturated carbocycles. The Morgan fingerprint density at radius 2 is 1.38 bits per heavy atom. The maximum absolute atomic E-state index is 12.6. The van der Waals surface area contributed by atoms with Crippen molar-refractivity contribution in [3.05, 3.63) is 36.4 Å². The monoisotopic (exact) mass is 679 g/mol. The van der Waals surface area contributed by atoms with Gasteiger partial charge in [-0.15, -0.1) is 0 Å². The van der Waals surface area contributed by atoms with E-state index in [1.54, 1.807) is 0 Å². The van der Waals surface area contributed by atoms with Crippen molar-refractivity contribution in [2.24, 2.45) is 46.3 Å². The minimum atomic E-state index is -0.374. The Balaban J connectivity index is 0.000000804. The van der Waals surface area contributed by atoms with Crippen LogP contribution in [-0.4, -0.2) is 75.8 Å². The molecule has 3 N–H and O–H groups in total. The Morgan fingerprint density at radius 3 is 1.98 bits per heavy atom. The first-order chi connectivity index (χ1) is 22.6. The molecule has 270 valence electrons. The third-order valence-corrected chi connectivity index (χ3v) is 13.8. The van der Waals surface area contributed by atoms with Crippen molar-refractivity contribution < 1.29 is 24.9 Å². The van der Waals surface area contributed by atoms with Crippen LogP contribution < -0.4 is 0 Å². The number of rotatable bonds is 15. The number of esters is 1. The molecule has 48 heavy (non-hydrogen) atoms. The number of carbonyl (C=O) groups excluding carboxylic acids is 1. The van der Waals surface area contributed by atoms with Gasteiger partial charge < -0.3 is 20.1 Å². The average Bonchev–Trinajstić information content (AvgIpc) is 3.43. The van der Waals surface area contributed by atoms with Crippen LogP contribution in [0.4, 0.5) is 0 Å². The fraction of sp³-hybridized carbons (Fsp3) is 0.833. The van der Waals surface area contributed by atoms with Gasteiger partial charge in [0, 0.05) is 6.42 Å². The summed E-state index contributed by atoms with van der Waals surface area (Å²) in [6, 6.07) is 12.0. The maximum Gasteiger partial charge on any atom is -0.0623 e. The van der Waals surface area contributed by atoms with Gasteiger partial charge in [0.05, 0.1) is 24.9 Å². The van der Waals surface area contributed by atoms with E-state index < -0.39 is 0 Å². The van der Waals surface area contributed by atoms with Crippen LogP contribution in [0.1, 0.15) is 150 Å². The molecule has 4 aliphatic rings. The molecular weight excluding hydrogens is 607 g/mol. The summed E-state index contributed by atoms with van der Waals surface area (Å²) in [5.41, 5.74) is -0.105. The summed E-state index contributed by atoms with van der Waals surface area (Å²) in [6.07, 6.45) is 19.4. The van der Waals surface area contributed by atoms with Crippen LogP contribution in [0.3, 0.4) is 0 Å². The second kappa shape index (κ2) is 20.6. The van der Waals surface area contributed by atoms with Gasteiger partial charge in [0.25, 0.3) is 0 Å². The molecule has 0 bridgehead atoms. The molecule has 0 aromatic heterocycles. The summed E-state index contributed by atoms with van der Waals surface area (Å²) in [7, 11) is 0. The number of aliphatic hydroxyl groups is 3. The number of fused-ring (bicyclic) bond motifs is 5. The fourth-order valence-corrected chi connectivity index (χ4v) is 10.9. The van der Waals surface area contributed by atoms with Crippen LogP contribution >= 0.6 is 0 Å². The Kier molecular flexibility index (Phi) is 18.0. The second-order valence-electron chi connectivity index (χ2n) is 16.6. The van der Waals surface area contributed by atoms with Crippen molar-refractivity contribution in [1.29, 1.82) is 0 Å². The number of hydrogen-bond donors (Lipinski definition) is 3. The quantitative estimate of drug-likeness (QED) is 0.0980. The zero-order valence-electron chi connectivity index (χ0n) is 30.5. The average molecular weight is 679 g/mol. The molecule has 0 amide bonds. The standard InChI is InChI=1S/C36H64O5.C6H6.Na.H/c1-5-6-7-8-9-10-11-12-13-14-21-41-33(40)18-15-25(2)28-16-17-29-34-30(24-32(39)36(28,29)4)35(3)20-19-27(37)22-26(35)23-31(34)38;1-2-4-6-5-3-1;;/h25-32,34,37-39H,5-24H2,1-4H3;1-6H;;/t25-,26+,27-,28-,29+,30+,31-,32+,34+,35+,36-;;;/m1.../s1. The molecule has 5 nitrogen and oxygen atoms in total. The number of hydrogen-bond acceptors (Lipinski definition) is 5. The molecule has 6 heteroatoms. The van der Waals surface area contributed by atoms with Gasteiger partial charge in [0.2, 0.25) is 0 Å². The minimum absolute atomic E-state index is 0. The number of ether oxygens (including phenoxy) is 1. The predicted octanol–water partition coefficient (Wildman–Crippen LogP) is 8.87. The van der Waals surface area contributed by atoms with Crippen molar-refractivity contribution in [2.75, 3.05) is 6.61 Å². The Hall–Kier alpha value is -0.430. The van der Waals surface area contributed by atoms with Gasteiger partial charge in [-0.2, -0.15) is 0 Å². The number of unbranched alkanes of at least 4 members (excludes halogenated alkanes) is 9. The SMILES string of the molecule is CCCCCCCCCCCCOC(=O)CC[C@@H](C)[C@H]1CC[C@H]2[C@@H]3[C@H](O)C[C@@H]4C[C@H](O)CC[C@]4(C)[C@H]3C[C@H](O)[C@]12C.[NaH].c1ccccc1. The molecule has 1 aromatic carbocycles. The number of benzene rings is 1. The van der Waals surface area contributed by atoms with E-state index in [1.807, 2.05) is 36.4 Å². The number of aliphatic hydroxyl groups excluding tert-OH is 3. The van der Waals surface area contributed by atoms with E-state index in [2.05, 4.69) is 27.7 Å². The summed E-state index contributed by atoms with van der Waals surface area (Å²) in [5.74, 6) is 1.87. The van der Waals surface area contributed by atoms with Gasteiger partial charge in [-0.05, 0) is 104 Å². The first-order valence-electron chi connectivity index (χ1n) is 19.8. The van der Waals surface area contributed by atoms with Gasteiger partial charge in [0.1, 0.15) is 0 Å². The van der Waals surface area contributed by atoms with Crippen molar-refractivity contribution in [2.45, 2.75) is 168 Å². The van der Waals surface area contributed by atoms with Crippen LogP contribution in [0.15, 0.2) is 36.4 Å². The van der Waals surface area contributed by atoms with E-state index in [4.69, 9.17) is 4.74 Å². The van der Waals surface area contributed by atoms with Crippen molar-refractivity contribution in [1.82, 2.24) is 0 Å². The molecule has 4 aliphatic carbocycles. The Bertz CT molecular complexity index is 1010. The first kappa shape index (κ1) is 42.0. The summed E-state index contributed by atoms with van der Waals surface area (Å²) in [6.45, 7) is 9.75. The Morgan fingerprint density at radius 1 is 0.792 bits per heavy atom. The zero-order valence-corrected chi connectivity index (χ0v) is 30.5. The smallest absolute Gasteiger partial charge is 0.0623 e. The molecule has 0 radical (unpaired) electrons. The topological polar surface area (TPSA) is 87.0 Å². The second-order valence-corrected chi connectivity index (χ2v) is 16.6. The van der Waals surface area contributed by atoms with E-state index in [-0.39, 0.29) is 70.6 Å². The van der Waals surface area contributed by atoms with Gasteiger partial charge >= 0.3 is 35.5 Å². The molecule has 0 aliphatic heterocycles. The molecule has 11 atom stereocenters. The van der Waals surface area contributed by atoms with E-state index in [0.29, 0.717) is 42.6 Å². The number of carbonyl (C=O) groups is 1. The third-order valence-electron chi connectivity index (χ3n) is 13.8. The summed E-state index contributed by atoms with van der Waals surface area (Å²) >= 11 is 0. The molecule has 0 unspecified atom stereocenters. The molecule has 4 fully saturated rings. The third kappa shape index (κ3) is 10.6. The zero-order chi connectivity index (χ0) is 33.9. The summed E-state index contributed by atoms with van der Waals surface area (Å²) < 4.78 is 5.59. The molecule has 0 heterocycles. The molecule has 1 aromatic rings. The van der Waals surface area contributed by atoms with Gasteiger partial charge in [0.15, 0.2) is 0 Å². The molecule has 0 spiro atoms. The van der Waals surface area contributed by atoms with Crippen LogP contribution in [0.2, 0.25) is 0 Å². The largest absolute Gasteiger partial charge is 0.0623 e. The van der Waals surface area contributed by atoms with E-state index in [0.717, 1.165) is 64.2 Å². The molecular formula is C42H71NaO5. The van der Waals surface area contributed by atoms with Crippen molar-refractivity contribution >= 4 is 35.5 Å². The van der Waals surface area contributed by atoms with E-state index >= 15 is 0 Å². The minimum Gasteiger partial charge on any atom is -0.0623 e. The van der Waals surface area contributed by atoms with E-state index in [9.17, 15) is 20.1 Å². The van der Waals surface area contributed by atoms with Crippen LogP contribution in [-0.2, 0) is 9.53 Å². The van der Waals surface area contributed by atoms with Gasteiger partial charge in [-0.3, -0.25) is 4.79 Å².